The smallest absolute Gasteiger partial charge is 0.276 e. The molecule has 1 amide bonds. The number of benzene rings is 2. The molecule has 0 spiro atoms. The Kier molecular flexibility index (Phi) is 7.10. The van der Waals surface area contributed by atoms with Gasteiger partial charge < -0.3 is 4.90 Å². The second-order valence-electron chi connectivity index (χ2n) is 8.76. The number of rotatable bonds is 4. The van der Waals surface area contributed by atoms with E-state index in [9.17, 15) is 9.18 Å². The van der Waals surface area contributed by atoms with Crippen molar-refractivity contribution in [3.8, 4) is 5.69 Å². The molecule has 2 aliphatic heterocycles. The van der Waals surface area contributed by atoms with Crippen molar-refractivity contribution in [1.29, 1.82) is 0 Å². The van der Waals surface area contributed by atoms with E-state index in [1.807, 2.05) is 40.8 Å². The fourth-order valence-corrected chi connectivity index (χ4v) is 4.85. The van der Waals surface area contributed by atoms with Crippen LogP contribution in [0.5, 0.6) is 0 Å². The molecule has 3 heterocycles. The number of fused-ring (bicyclic) bond motifs is 1. The molecule has 2 aromatic carbocycles. The molecule has 5 rings (SSSR count). The Hall–Kier alpha value is -2.77. The molecule has 2 aliphatic rings. The molecule has 174 valence electrons. The van der Waals surface area contributed by atoms with Crippen LogP contribution in [0.15, 0.2) is 42.5 Å². The van der Waals surface area contributed by atoms with Gasteiger partial charge in [-0.15, -0.1) is 17.5 Å². The molecule has 0 saturated carbocycles. The summed E-state index contributed by atoms with van der Waals surface area (Å²) < 4.78 is 15.9. The number of carbonyl (C=O) groups is 1. The molecule has 0 radical (unpaired) electrons. The van der Waals surface area contributed by atoms with E-state index in [0.717, 1.165) is 62.4 Å². The number of amides is 1. The van der Waals surface area contributed by atoms with Gasteiger partial charge in [0.2, 0.25) is 0 Å². The van der Waals surface area contributed by atoms with E-state index in [0.29, 0.717) is 12.2 Å². The Morgan fingerprint density at radius 1 is 1.03 bits per heavy atom. The molecular weight excluding hydrogens is 441 g/mol. The fourth-order valence-electron chi connectivity index (χ4n) is 4.85. The van der Waals surface area contributed by atoms with Crippen LogP contribution in [0, 0.1) is 12.7 Å². The van der Waals surface area contributed by atoms with Gasteiger partial charge in [0.15, 0.2) is 5.69 Å². The van der Waals surface area contributed by atoms with Crippen molar-refractivity contribution in [3.63, 3.8) is 0 Å². The van der Waals surface area contributed by atoms with Crippen molar-refractivity contribution in [2.24, 2.45) is 0 Å². The van der Waals surface area contributed by atoms with E-state index in [2.05, 4.69) is 21.3 Å². The van der Waals surface area contributed by atoms with Gasteiger partial charge in [0.25, 0.3) is 5.91 Å². The highest BCUT2D eigenvalue weighted by Gasteiger charge is 2.26. The summed E-state index contributed by atoms with van der Waals surface area (Å²) >= 11 is 0. The molecule has 8 heteroatoms. The van der Waals surface area contributed by atoms with Gasteiger partial charge in [0.05, 0.1) is 11.4 Å². The number of likely N-dealkylation sites (tertiary alicyclic amines) is 1. The molecule has 6 nitrogen and oxygen atoms in total. The first-order chi connectivity index (χ1) is 15.6. The monoisotopic (exact) mass is 469 g/mol. The summed E-state index contributed by atoms with van der Waals surface area (Å²) in [5.74, 6) is -0.175. The summed E-state index contributed by atoms with van der Waals surface area (Å²) in [6.45, 7) is 5.70. The quantitative estimate of drug-likeness (QED) is 0.571. The number of halogens is 2. The summed E-state index contributed by atoms with van der Waals surface area (Å²) in [5.41, 5.74) is 5.37. The van der Waals surface area contributed by atoms with E-state index >= 15 is 0 Å². The minimum absolute atomic E-state index is 0. The van der Waals surface area contributed by atoms with Gasteiger partial charge in [-0.2, -0.15) is 0 Å². The molecule has 0 atom stereocenters. The maximum absolute atomic E-state index is 14.1. The lowest BCUT2D eigenvalue weighted by molar-refractivity contribution is 0.0717. The van der Waals surface area contributed by atoms with Crippen LogP contribution >= 0.6 is 12.4 Å². The van der Waals surface area contributed by atoms with Gasteiger partial charge in [-0.3, -0.25) is 9.69 Å². The summed E-state index contributed by atoms with van der Waals surface area (Å²) in [4.78, 5) is 17.1. The van der Waals surface area contributed by atoms with Crippen LogP contribution in [0.2, 0.25) is 0 Å². The van der Waals surface area contributed by atoms with E-state index in [4.69, 9.17) is 0 Å². The topological polar surface area (TPSA) is 54.3 Å². The zero-order valence-corrected chi connectivity index (χ0v) is 19.7. The first kappa shape index (κ1) is 23.4. The predicted octanol–water partition coefficient (Wildman–Crippen LogP) is 4.32. The van der Waals surface area contributed by atoms with Crippen LogP contribution < -0.4 is 0 Å². The Morgan fingerprint density at radius 2 is 1.82 bits per heavy atom. The molecule has 1 saturated heterocycles. The van der Waals surface area contributed by atoms with E-state index in [-0.39, 0.29) is 24.1 Å². The molecule has 33 heavy (non-hydrogen) atoms. The third-order valence-corrected chi connectivity index (χ3v) is 6.64. The maximum atomic E-state index is 14.1. The Balaban J connectivity index is 0.00000259. The Labute approximate surface area is 199 Å². The lowest BCUT2D eigenvalue weighted by atomic mass is 9.97. The lowest BCUT2D eigenvalue weighted by Gasteiger charge is -2.30. The number of piperidine rings is 1. The number of aromatic nitrogens is 3. The molecular formula is C25H29ClFN5O. The van der Waals surface area contributed by atoms with Crippen molar-refractivity contribution in [1.82, 2.24) is 24.8 Å². The highest BCUT2D eigenvalue weighted by atomic mass is 35.5. The van der Waals surface area contributed by atoms with Crippen LogP contribution in [0.3, 0.4) is 0 Å². The summed E-state index contributed by atoms with van der Waals surface area (Å²) in [6, 6.07) is 13.2. The van der Waals surface area contributed by atoms with E-state index in [1.165, 1.54) is 23.6 Å². The van der Waals surface area contributed by atoms with Gasteiger partial charge in [-0.25, -0.2) is 9.07 Å². The molecule has 1 aromatic heterocycles. The number of hydrogen-bond donors (Lipinski definition) is 0. The average Bonchev–Trinajstić information content (AvgIpc) is 3.21. The number of nitrogens with zero attached hydrogens (tertiary/aromatic N) is 5. The second-order valence-corrected chi connectivity index (χ2v) is 8.76. The van der Waals surface area contributed by atoms with Crippen LogP contribution in [-0.2, 0) is 19.5 Å². The summed E-state index contributed by atoms with van der Waals surface area (Å²) in [7, 11) is 0. The number of hydrogen-bond acceptors (Lipinski definition) is 4. The molecule has 0 N–H and O–H groups in total. The van der Waals surface area contributed by atoms with Crippen molar-refractivity contribution in [3.05, 3.63) is 76.4 Å². The Bertz CT molecular complexity index is 1140. The van der Waals surface area contributed by atoms with Crippen LogP contribution in [0.1, 0.15) is 52.1 Å². The summed E-state index contributed by atoms with van der Waals surface area (Å²) in [5, 5.41) is 8.63. The third kappa shape index (κ3) is 4.66. The number of carbonyl (C=O) groups excluding carboxylic acids is 1. The van der Waals surface area contributed by atoms with E-state index < -0.39 is 0 Å². The maximum Gasteiger partial charge on any atom is 0.276 e. The molecule has 0 unspecified atom stereocenters. The normalized spacial score (nSPS) is 16.2. The largest absolute Gasteiger partial charge is 0.337 e. The average molecular weight is 470 g/mol. The summed E-state index contributed by atoms with van der Waals surface area (Å²) in [6.07, 6.45) is 4.12. The SMILES string of the molecule is Cc1c(C(=O)N2CCCCC2)nnn1-c1cccc2c1CCN(Cc1ccccc1F)C2.Cl. The van der Waals surface area contributed by atoms with Crippen molar-refractivity contribution >= 4 is 18.3 Å². The van der Waals surface area contributed by atoms with Crippen LogP contribution in [0.25, 0.3) is 5.69 Å². The zero-order chi connectivity index (χ0) is 22.1. The molecule has 3 aromatic rings. The third-order valence-electron chi connectivity index (χ3n) is 6.64. The minimum atomic E-state index is -0.156. The van der Waals surface area contributed by atoms with Crippen molar-refractivity contribution in [2.75, 3.05) is 19.6 Å². The van der Waals surface area contributed by atoms with Gasteiger partial charge in [-0.05, 0) is 55.9 Å². The highest BCUT2D eigenvalue weighted by Crippen LogP contribution is 2.27. The molecule has 0 aliphatic carbocycles. The standard InChI is InChI=1S/C25H28FN5O.ClH/c1-18-24(25(32)30-13-5-2-6-14-30)27-28-31(18)23-11-7-9-19-16-29(15-12-21(19)23)17-20-8-3-4-10-22(20)26;/h3-4,7-11H,2,5-6,12-17H2,1H3;1H. The fraction of sp³-hybridized carbons (Fsp3) is 0.400. The molecule has 0 bridgehead atoms. The van der Waals surface area contributed by atoms with Gasteiger partial charge >= 0.3 is 0 Å². The van der Waals surface area contributed by atoms with Crippen LogP contribution in [0.4, 0.5) is 4.39 Å². The first-order valence-electron chi connectivity index (χ1n) is 11.4. The minimum Gasteiger partial charge on any atom is -0.337 e. The van der Waals surface area contributed by atoms with Gasteiger partial charge in [-0.1, -0.05) is 35.5 Å². The highest BCUT2D eigenvalue weighted by molar-refractivity contribution is 5.93. The van der Waals surface area contributed by atoms with Crippen molar-refractivity contribution < 1.29 is 9.18 Å². The Morgan fingerprint density at radius 3 is 2.61 bits per heavy atom. The van der Waals surface area contributed by atoms with Gasteiger partial charge in [0, 0.05) is 38.3 Å². The van der Waals surface area contributed by atoms with E-state index in [1.54, 1.807) is 6.07 Å². The lowest BCUT2D eigenvalue weighted by Crippen LogP contribution is -2.36. The zero-order valence-electron chi connectivity index (χ0n) is 18.8. The molecule has 1 fully saturated rings. The first-order valence-corrected chi connectivity index (χ1v) is 11.4. The van der Waals surface area contributed by atoms with Gasteiger partial charge in [0.1, 0.15) is 5.82 Å². The van der Waals surface area contributed by atoms with Crippen LogP contribution in [-0.4, -0.2) is 50.3 Å². The predicted molar refractivity (Wildman–Crippen MR) is 127 cm³/mol. The van der Waals surface area contributed by atoms with Crippen molar-refractivity contribution in [2.45, 2.75) is 45.7 Å². The second kappa shape index (κ2) is 10.0.